The molecule has 144 valence electrons. The van der Waals surface area contributed by atoms with Gasteiger partial charge in [0.2, 0.25) is 0 Å². The third-order valence-electron chi connectivity index (χ3n) is 5.23. The Labute approximate surface area is 179 Å². The number of hydrogen-bond acceptors (Lipinski definition) is 0. The molecule has 4 aromatic rings. The van der Waals surface area contributed by atoms with Gasteiger partial charge in [-0.25, -0.2) is 4.48 Å². The first kappa shape index (κ1) is 20.6. The second kappa shape index (κ2) is 9.38. The molecule has 0 heterocycles. The van der Waals surface area contributed by atoms with Gasteiger partial charge in [0.1, 0.15) is 23.6 Å². The SMILES string of the molecule is C=Cc1ccc(C[N+](c2ccccc2)(c2ccccc2)c2ccccc2)cc1.[Cl-]. The van der Waals surface area contributed by atoms with E-state index in [1.165, 1.54) is 22.6 Å². The van der Waals surface area contributed by atoms with Crippen LogP contribution in [0.5, 0.6) is 0 Å². The topological polar surface area (TPSA) is 0 Å². The Balaban J connectivity index is 0.00000240. The fraction of sp³-hybridized carbons (Fsp3) is 0.0370. The van der Waals surface area contributed by atoms with Crippen LogP contribution in [-0.4, -0.2) is 0 Å². The van der Waals surface area contributed by atoms with Crippen LogP contribution in [0.15, 0.2) is 122 Å². The number of nitrogens with zero attached hydrogens (tertiary/aromatic N) is 1. The van der Waals surface area contributed by atoms with Crippen molar-refractivity contribution in [3.63, 3.8) is 0 Å². The van der Waals surface area contributed by atoms with Crippen molar-refractivity contribution in [2.45, 2.75) is 6.54 Å². The third-order valence-corrected chi connectivity index (χ3v) is 5.23. The Hall–Kier alpha value is -3.13. The summed E-state index contributed by atoms with van der Waals surface area (Å²) in [6.07, 6.45) is 1.89. The van der Waals surface area contributed by atoms with E-state index in [9.17, 15) is 0 Å². The van der Waals surface area contributed by atoms with E-state index in [-0.39, 0.29) is 12.4 Å². The number of rotatable bonds is 6. The van der Waals surface area contributed by atoms with Gasteiger partial charge in [-0.05, 0) is 42.0 Å². The molecule has 0 bridgehead atoms. The molecule has 0 radical (unpaired) electrons. The van der Waals surface area contributed by atoms with Gasteiger partial charge < -0.3 is 12.4 Å². The normalized spacial score (nSPS) is 10.8. The van der Waals surface area contributed by atoms with Crippen LogP contribution in [0.25, 0.3) is 6.08 Å². The van der Waals surface area contributed by atoms with Gasteiger partial charge in [0, 0.05) is 5.56 Å². The van der Waals surface area contributed by atoms with Gasteiger partial charge in [0.25, 0.3) is 0 Å². The van der Waals surface area contributed by atoms with E-state index in [2.05, 4.69) is 122 Å². The molecule has 0 aliphatic rings. The molecule has 0 amide bonds. The average molecular weight is 398 g/mol. The zero-order chi connectivity index (χ0) is 19.2. The van der Waals surface area contributed by atoms with Gasteiger partial charge in [-0.2, -0.15) is 0 Å². The number of halogens is 1. The summed E-state index contributed by atoms with van der Waals surface area (Å²) in [4.78, 5) is 0. The van der Waals surface area contributed by atoms with E-state index >= 15 is 0 Å². The summed E-state index contributed by atoms with van der Waals surface area (Å²) in [6.45, 7) is 4.70. The first-order chi connectivity index (χ1) is 13.8. The lowest BCUT2D eigenvalue weighted by Gasteiger charge is -2.37. The Morgan fingerprint density at radius 3 is 1.28 bits per heavy atom. The molecule has 0 saturated carbocycles. The largest absolute Gasteiger partial charge is 1.00 e. The van der Waals surface area contributed by atoms with E-state index in [1.807, 2.05) is 6.08 Å². The predicted octanol–water partition coefficient (Wildman–Crippen LogP) is 4.50. The fourth-order valence-corrected chi connectivity index (χ4v) is 3.80. The Bertz CT molecular complexity index is 929. The van der Waals surface area contributed by atoms with Crippen LogP contribution in [0, 0.1) is 0 Å². The summed E-state index contributed by atoms with van der Waals surface area (Å²) in [5, 5.41) is 0. The highest BCUT2D eigenvalue weighted by atomic mass is 35.5. The van der Waals surface area contributed by atoms with Crippen LogP contribution in [0.1, 0.15) is 11.1 Å². The Morgan fingerprint density at radius 2 is 0.931 bits per heavy atom. The standard InChI is InChI=1S/C27H24N.ClH/c1-2-23-18-20-24(21-19-23)22-28(25-12-6-3-7-13-25,26-14-8-4-9-15-26)27-16-10-5-11-17-27;/h2-21H,1,22H2;1H/q+1;/p-1. The minimum Gasteiger partial charge on any atom is -1.00 e. The van der Waals surface area contributed by atoms with Crippen molar-refractivity contribution in [1.29, 1.82) is 0 Å². The summed E-state index contributed by atoms with van der Waals surface area (Å²) in [5.41, 5.74) is 6.15. The van der Waals surface area contributed by atoms with Gasteiger partial charge in [0.15, 0.2) is 0 Å². The molecule has 29 heavy (non-hydrogen) atoms. The summed E-state index contributed by atoms with van der Waals surface area (Å²) in [5.74, 6) is 0. The molecule has 4 aromatic carbocycles. The smallest absolute Gasteiger partial charge is 0.143 e. The van der Waals surface area contributed by atoms with Gasteiger partial charge in [0.05, 0.1) is 0 Å². The molecule has 0 N–H and O–H groups in total. The first-order valence-corrected chi connectivity index (χ1v) is 9.59. The molecule has 0 spiro atoms. The molecule has 0 aliphatic carbocycles. The third kappa shape index (κ3) is 4.17. The van der Waals surface area contributed by atoms with Gasteiger partial charge in [-0.1, -0.05) is 91.5 Å². The second-order valence-electron chi connectivity index (χ2n) is 6.92. The average Bonchev–Trinajstić information content (AvgIpc) is 2.80. The lowest BCUT2D eigenvalue weighted by Crippen LogP contribution is -3.00. The highest BCUT2D eigenvalue weighted by molar-refractivity contribution is 5.71. The maximum atomic E-state index is 3.87. The van der Waals surface area contributed by atoms with Crippen LogP contribution < -0.4 is 16.9 Å². The minimum atomic E-state index is 0. The summed E-state index contributed by atoms with van der Waals surface area (Å²) < 4.78 is 0.635. The zero-order valence-electron chi connectivity index (χ0n) is 16.3. The maximum Gasteiger partial charge on any atom is 0.143 e. The zero-order valence-corrected chi connectivity index (χ0v) is 17.0. The molecule has 4 rings (SSSR count). The van der Waals surface area contributed by atoms with Crippen molar-refractivity contribution < 1.29 is 12.4 Å². The molecule has 0 atom stereocenters. The summed E-state index contributed by atoms with van der Waals surface area (Å²) >= 11 is 0. The van der Waals surface area contributed by atoms with E-state index in [4.69, 9.17) is 0 Å². The van der Waals surface area contributed by atoms with Crippen LogP contribution in [-0.2, 0) is 6.54 Å². The van der Waals surface area contributed by atoms with Crippen LogP contribution in [0.3, 0.4) is 0 Å². The number of para-hydroxylation sites is 3. The van der Waals surface area contributed by atoms with E-state index in [1.54, 1.807) is 0 Å². The monoisotopic (exact) mass is 397 g/mol. The van der Waals surface area contributed by atoms with E-state index < -0.39 is 0 Å². The van der Waals surface area contributed by atoms with Crippen molar-refractivity contribution >= 4 is 23.1 Å². The maximum absolute atomic E-state index is 3.87. The van der Waals surface area contributed by atoms with Gasteiger partial charge >= 0.3 is 0 Å². The lowest BCUT2D eigenvalue weighted by molar-refractivity contribution is -0.00000542. The van der Waals surface area contributed by atoms with Crippen molar-refractivity contribution in [2.24, 2.45) is 0 Å². The molecule has 0 saturated heterocycles. The Kier molecular flexibility index (Phi) is 6.66. The Morgan fingerprint density at radius 1 is 0.552 bits per heavy atom. The molecule has 0 unspecified atom stereocenters. The summed E-state index contributed by atoms with van der Waals surface area (Å²) in [6, 6.07) is 41.0. The molecular formula is C27H24ClN. The van der Waals surface area contributed by atoms with Crippen LogP contribution in [0.4, 0.5) is 17.1 Å². The van der Waals surface area contributed by atoms with Crippen molar-refractivity contribution in [1.82, 2.24) is 4.48 Å². The highest BCUT2D eigenvalue weighted by Crippen LogP contribution is 2.45. The van der Waals surface area contributed by atoms with E-state index in [0.717, 1.165) is 12.1 Å². The molecule has 1 nitrogen and oxygen atoms in total. The van der Waals surface area contributed by atoms with Crippen molar-refractivity contribution in [3.8, 4) is 0 Å². The van der Waals surface area contributed by atoms with Gasteiger partial charge in [-0.15, -0.1) is 0 Å². The van der Waals surface area contributed by atoms with Crippen LogP contribution in [0.2, 0.25) is 0 Å². The number of hydrogen-bond donors (Lipinski definition) is 0. The second-order valence-corrected chi connectivity index (χ2v) is 6.92. The quantitative estimate of drug-likeness (QED) is 0.420. The summed E-state index contributed by atoms with van der Waals surface area (Å²) in [7, 11) is 0. The fourth-order valence-electron chi connectivity index (χ4n) is 3.80. The van der Waals surface area contributed by atoms with E-state index in [0.29, 0.717) is 4.48 Å². The highest BCUT2D eigenvalue weighted by Gasteiger charge is 2.36. The number of benzene rings is 4. The molecule has 0 aromatic heterocycles. The molecular weight excluding hydrogens is 374 g/mol. The lowest BCUT2D eigenvalue weighted by atomic mass is 10.0. The van der Waals surface area contributed by atoms with Crippen molar-refractivity contribution in [2.75, 3.05) is 0 Å². The van der Waals surface area contributed by atoms with Crippen LogP contribution >= 0.6 is 0 Å². The molecule has 0 aliphatic heterocycles. The minimum absolute atomic E-state index is 0. The van der Waals surface area contributed by atoms with Gasteiger partial charge in [-0.3, -0.25) is 0 Å². The van der Waals surface area contributed by atoms with Crippen molar-refractivity contribution in [3.05, 3.63) is 133 Å². The predicted molar refractivity (Wildman–Crippen MR) is 121 cm³/mol. The molecule has 0 fully saturated rings. The first-order valence-electron chi connectivity index (χ1n) is 9.59. The number of quaternary nitrogens is 1. The molecule has 2 heteroatoms.